The van der Waals surface area contributed by atoms with E-state index in [-0.39, 0.29) is 17.9 Å². The van der Waals surface area contributed by atoms with Crippen molar-refractivity contribution in [3.63, 3.8) is 0 Å². The van der Waals surface area contributed by atoms with Gasteiger partial charge in [-0.1, -0.05) is 6.42 Å². The fraction of sp³-hybridized carbons (Fsp3) is 0.636. The molecule has 0 aromatic heterocycles. The molecule has 3 nitrogen and oxygen atoms in total. The van der Waals surface area contributed by atoms with Crippen LogP contribution >= 0.6 is 0 Å². The van der Waals surface area contributed by atoms with E-state index in [9.17, 15) is 9.59 Å². The fourth-order valence-electron chi connectivity index (χ4n) is 3.27. The molecule has 0 spiro atoms. The highest BCUT2D eigenvalue weighted by Crippen LogP contribution is 2.47. The van der Waals surface area contributed by atoms with Crippen LogP contribution in [-0.4, -0.2) is 22.8 Å². The van der Waals surface area contributed by atoms with Gasteiger partial charge in [0.15, 0.2) is 0 Å². The molecule has 0 aromatic carbocycles. The normalized spacial score (nSPS) is 40.3. The van der Waals surface area contributed by atoms with E-state index in [0.717, 1.165) is 12.3 Å². The molecule has 2 amide bonds. The molecule has 3 rings (SSSR count). The molecular formula is C11H13NO2. The van der Waals surface area contributed by atoms with E-state index in [4.69, 9.17) is 0 Å². The summed E-state index contributed by atoms with van der Waals surface area (Å²) >= 11 is 0. The van der Waals surface area contributed by atoms with Gasteiger partial charge in [0, 0.05) is 18.2 Å². The average Bonchev–Trinajstić information content (AvgIpc) is 2.81. The summed E-state index contributed by atoms with van der Waals surface area (Å²) in [5.74, 6) is 1.15. The molecule has 2 aliphatic carbocycles. The first kappa shape index (κ1) is 8.21. The highest BCUT2D eigenvalue weighted by Gasteiger charge is 2.46. The molecule has 3 heteroatoms. The lowest BCUT2D eigenvalue weighted by Crippen LogP contribution is -2.42. The molecular weight excluding hydrogens is 178 g/mol. The van der Waals surface area contributed by atoms with Crippen molar-refractivity contribution in [1.29, 1.82) is 0 Å². The van der Waals surface area contributed by atoms with Crippen LogP contribution in [0.1, 0.15) is 25.7 Å². The van der Waals surface area contributed by atoms with Crippen molar-refractivity contribution in [2.24, 2.45) is 11.8 Å². The van der Waals surface area contributed by atoms with Gasteiger partial charge in [0.25, 0.3) is 11.8 Å². The van der Waals surface area contributed by atoms with Crippen LogP contribution in [0.2, 0.25) is 0 Å². The number of rotatable bonds is 1. The van der Waals surface area contributed by atoms with Crippen molar-refractivity contribution in [3.05, 3.63) is 12.2 Å². The van der Waals surface area contributed by atoms with Crippen molar-refractivity contribution >= 4 is 11.8 Å². The van der Waals surface area contributed by atoms with Crippen LogP contribution in [0.3, 0.4) is 0 Å². The third-order valence-electron chi connectivity index (χ3n) is 3.88. The standard InChI is InChI=1S/C11H13NO2/c13-10-3-4-11(14)12(10)9-6-7-1-2-8(9)5-7/h3-4,7-9H,1-2,5-6H2. The van der Waals surface area contributed by atoms with Crippen molar-refractivity contribution in [2.45, 2.75) is 31.7 Å². The Morgan fingerprint density at radius 3 is 2.29 bits per heavy atom. The maximum atomic E-state index is 11.5. The van der Waals surface area contributed by atoms with E-state index in [2.05, 4.69) is 0 Å². The predicted molar refractivity (Wildman–Crippen MR) is 50.2 cm³/mol. The van der Waals surface area contributed by atoms with E-state index < -0.39 is 0 Å². The lowest BCUT2D eigenvalue weighted by atomic mass is 9.94. The first-order valence-electron chi connectivity index (χ1n) is 5.31. The van der Waals surface area contributed by atoms with Crippen molar-refractivity contribution in [3.8, 4) is 0 Å². The van der Waals surface area contributed by atoms with Crippen molar-refractivity contribution < 1.29 is 9.59 Å². The summed E-state index contributed by atoms with van der Waals surface area (Å²) in [7, 11) is 0. The molecule has 2 saturated carbocycles. The van der Waals surface area contributed by atoms with Gasteiger partial charge in [0.1, 0.15) is 0 Å². The molecule has 0 radical (unpaired) electrons. The number of hydrogen-bond donors (Lipinski definition) is 0. The van der Waals surface area contributed by atoms with Gasteiger partial charge in [-0.25, -0.2) is 0 Å². The van der Waals surface area contributed by atoms with E-state index >= 15 is 0 Å². The topological polar surface area (TPSA) is 37.4 Å². The number of carbonyl (C=O) groups is 2. The summed E-state index contributed by atoms with van der Waals surface area (Å²) in [6.07, 6.45) is 7.56. The van der Waals surface area contributed by atoms with Gasteiger partial charge in [0.05, 0.1) is 0 Å². The van der Waals surface area contributed by atoms with Crippen LogP contribution < -0.4 is 0 Å². The van der Waals surface area contributed by atoms with Crippen LogP contribution in [0.25, 0.3) is 0 Å². The second-order valence-corrected chi connectivity index (χ2v) is 4.62. The summed E-state index contributed by atoms with van der Waals surface area (Å²) < 4.78 is 0. The highest BCUT2D eigenvalue weighted by molar-refractivity contribution is 6.13. The van der Waals surface area contributed by atoms with Crippen molar-refractivity contribution in [2.75, 3.05) is 0 Å². The summed E-state index contributed by atoms with van der Waals surface area (Å²) in [5.41, 5.74) is 0. The third-order valence-corrected chi connectivity index (χ3v) is 3.88. The van der Waals surface area contributed by atoms with E-state index in [0.29, 0.717) is 5.92 Å². The molecule has 1 aliphatic heterocycles. The summed E-state index contributed by atoms with van der Waals surface area (Å²) in [4.78, 5) is 24.4. The monoisotopic (exact) mass is 191 g/mol. The van der Waals surface area contributed by atoms with Gasteiger partial charge in [-0.3, -0.25) is 14.5 Å². The molecule has 0 N–H and O–H groups in total. The molecule has 3 unspecified atom stereocenters. The van der Waals surface area contributed by atoms with Gasteiger partial charge < -0.3 is 0 Å². The maximum absolute atomic E-state index is 11.5. The predicted octanol–water partition coefficient (Wildman–Crippen LogP) is 1.10. The van der Waals surface area contributed by atoms with Gasteiger partial charge >= 0.3 is 0 Å². The Bertz CT molecular complexity index is 316. The Morgan fingerprint density at radius 1 is 1.07 bits per heavy atom. The second kappa shape index (κ2) is 2.69. The fourth-order valence-corrected chi connectivity index (χ4v) is 3.27. The number of fused-ring (bicyclic) bond motifs is 2. The Balaban J connectivity index is 1.83. The number of imide groups is 1. The molecule has 3 atom stereocenters. The quantitative estimate of drug-likeness (QED) is 0.582. The summed E-state index contributed by atoms with van der Waals surface area (Å²) in [6, 6.07) is 0.212. The first-order valence-corrected chi connectivity index (χ1v) is 5.31. The molecule has 2 bridgehead atoms. The molecule has 1 heterocycles. The van der Waals surface area contributed by atoms with Crippen molar-refractivity contribution in [1.82, 2.24) is 4.90 Å². The zero-order chi connectivity index (χ0) is 9.71. The molecule has 0 aromatic rings. The second-order valence-electron chi connectivity index (χ2n) is 4.62. The lowest BCUT2D eigenvalue weighted by Gasteiger charge is -2.29. The van der Waals surface area contributed by atoms with Gasteiger partial charge in [-0.05, 0) is 31.1 Å². The Labute approximate surface area is 82.8 Å². The molecule has 3 aliphatic rings. The lowest BCUT2D eigenvalue weighted by molar-refractivity contribution is -0.140. The van der Waals surface area contributed by atoms with Crippen LogP contribution in [-0.2, 0) is 9.59 Å². The molecule has 2 fully saturated rings. The Morgan fingerprint density at radius 2 is 1.79 bits per heavy atom. The first-order chi connectivity index (χ1) is 6.75. The number of amides is 2. The molecule has 14 heavy (non-hydrogen) atoms. The van der Waals surface area contributed by atoms with E-state index in [1.165, 1.54) is 36.3 Å². The minimum atomic E-state index is -0.104. The van der Waals surface area contributed by atoms with Crippen LogP contribution in [0.15, 0.2) is 12.2 Å². The van der Waals surface area contributed by atoms with Gasteiger partial charge in [0.2, 0.25) is 0 Å². The summed E-state index contributed by atoms with van der Waals surface area (Å²) in [6.45, 7) is 0. The van der Waals surface area contributed by atoms with Crippen LogP contribution in [0.5, 0.6) is 0 Å². The minimum absolute atomic E-state index is 0.104. The number of hydrogen-bond acceptors (Lipinski definition) is 2. The maximum Gasteiger partial charge on any atom is 0.253 e. The third kappa shape index (κ3) is 0.982. The largest absolute Gasteiger partial charge is 0.272 e. The van der Waals surface area contributed by atoms with E-state index in [1.54, 1.807) is 0 Å². The van der Waals surface area contributed by atoms with Gasteiger partial charge in [-0.15, -0.1) is 0 Å². The Kier molecular flexibility index (Phi) is 1.58. The molecule has 0 saturated heterocycles. The van der Waals surface area contributed by atoms with E-state index in [1.807, 2.05) is 0 Å². The van der Waals surface area contributed by atoms with Gasteiger partial charge in [-0.2, -0.15) is 0 Å². The SMILES string of the molecule is O=C1C=CC(=O)N1C1CC2CCC1C2. The highest BCUT2D eigenvalue weighted by atomic mass is 16.2. The average molecular weight is 191 g/mol. The zero-order valence-corrected chi connectivity index (χ0v) is 7.98. The smallest absolute Gasteiger partial charge is 0.253 e. The molecule has 74 valence electrons. The van der Waals surface area contributed by atoms with Crippen LogP contribution in [0, 0.1) is 11.8 Å². The van der Waals surface area contributed by atoms with Crippen LogP contribution in [0.4, 0.5) is 0 Å². The zero-order valence-electron chi connectivity index (χ0n) is 7.98. The number of nitrogens with zero attached hydrogens (tertiary/aromatic N) is 1. The summed E-state index contributed by atoms with van der Waals surface area (Å²) in [5, 5.41) is 0. The Hall–Kier alpha value is -1.12. The minimum Gasteiger partial charge on any atom is -0.272 e. The number of carbonyl (C=O) groups excluding carboxylic acids is 2.